The molecular weight excluding hydrogens is 462 g/mol. The van der Waals surface area contributed by atoms with Crippen molar-refractivity contribution in [2.24, 2.45) is 17.8 Å². The van der Waals surface area contributed by atoms with Gasteiger partial charge in [-0.2, -0.15) is 0 Å². The Morgan fingerprint density at radius 3 is 2.51 bits per heavy atom. The molecule has 3 rings (SSSR count). The first-order valence-corrected chi connectivity index (χ1v) is 14.0. The van der Waals surface area contributed by atoms with Crippen LogP contribution < -0.4 is 0 Å². The van der Waals surface area contributed by atoms with Gasteiger partial charge >= 0.3 is 0 Å². The van der Waals surface area contributed by atoms with Crippen LogP contribution in [0.2, 0.25) is 0 Å². The predicted molar refractivity (Wildman–Crippen MR) is 141 cm³/mol. The summed E-state index contributed by atoms with van der Waals surface area (Å²) in [6.45, 7) is 15.0. The Labute approximate surface area is 215 Å². The number of amides is 3. The zero-order valence-corrected chi connectivity index (χ0v) is 22.6. The van der Waals surface area contributed by atoms with Crippen molar-refractivity contribution in [1.29, 1.82) is 0 Å². The number of carbonyl (C=O) groups is 3. The molecule has 3 saturated heterocycles. The van der Waals surface area contributed by atoms with Gasteiger partial charge in [0.15, 0.2) is 0 Å². The van der Waals surface area contributed by atoms with E-state index in [0.29, 0.717) is 19.6 Å². The fourth-order valence-electron chi connectivity index (χ4n) is 6.33. The second-order valence-corrected chi connectivity index (χ2v) is 12.0. The number of hydrogen-bond acceptors (Lipinski definition) is 5. The standard InChI is InChI=1S/C27H43N3O4S/c1-7-11-16-29(15-9-3)26(34)23-27-13-12-20(35-27)21(24(32)28(6)14-8-2)22(27)25(33)30(23)19(17-31)18(5)10-4/h8-9,18-23,31H,2-3,7,10-17H2,1,4-6H3/t18-,19-,20+,21-,22-,23?,27?/m0/s1. The average molecular weight is 506 g/mol. The van der Waals surface area contributed by atoms with Crippen molar-refractivity contribution in [3.05, 3.63) is 25.3 Å². The summed E-state index contributed by atoms with van der Waals surface area (Å²) in [4.78, 5) is 47.2. The van der Waals surface area contributed by atoms with Gasteiger partial charge in [0, 0.05) is 31.9 Å². The van der Waals surface area contributed by atoms with E-state index < -0.39 is 28.7 Å². The lowest BCUT2D eigenvalue weighted by molar-refractivity contribution is -0.147. The molecule has 3 fully saturated rings. The molecule has 3 amide bonds. The highest BCUT2D eigenvalue weighted by molar-refractivity contribution is 8.02. The Morgan fingerprint density at radius 2 is 1.94 bits per heavy atom. The first kappa shape index (κ1) is 27.8. The van der Waals surface area contributed by atoms with E-state index in [-0.39, 0.29) is 35.5 Å². The molecule has 3 heterocycles. The molecular formula is C27H43N3O4S. The lowest BCUT2D eigenvalue weighted by Gasteiger charge is -2.41. The van der Waals surface area contributed by atoms with Crippen molar-refractivity contribution in [1.82, 2.24) is 14.7 Å². The minimum Gasteiger partial charge on any atom is -0.394 e. The van der Waals surface area contributed by atoms with Gasteiger partial charge in [-0.3, -0.25) is 14.4 Å². The lowest BCUT2D eigenvalue weighted by Crippen LogP contribution is -2.58. The minimum absolute atomic E-state index is 0.0257. The van der Waals surface area contributed by atoms with E-state index in [0.717, 1.165) is 32.1 Å². The van der Waals surface area contributed by atoms with Crippen LogP contribution in [0.5, 0.6) is 0 Å². The van der Waals surface area contributed by atoms with Crippen LogP contribution in [0.4, 0.5) is 0 Å². The van der Waals surface area contributed by atoms with Crippen molar-refractivity contribution in [2.75, 3.05) is 33.3 Å². The number of rotatable bonds is 13. The normalized spacial score (nSPS) is 30.7. The highest BCUT2D eigenvalue weighted by Crippen LogP contribution is 2.67. The summed E-state index contributed by atoms with van der Waals surface area (Å²) in [7, 11) is 1.75. The average Bonchev–Trinajstić information content (AvgIpc) is 3.49. The number of carbonyl (C=O) groups excluding carboxylic acids is 3. The van der Waals surface area contributed by atoms with Crippen LogP contribution in [0.15, 0.2) is 25.3 Å². The summed E-state index contributed by atoms with van der Waals surface area (Å²) in [5.74, 6) is -1.24. The number of aliphatic hydroxyl groups excluding tert-OH is 1. The van der Waals surface area contributed by atoms with Crippen LogP contribution in [0.1, 0.15) is 52.9 Å². The molecule has 0 aromatic heterocycles. The van der Waals surface area contributed by atoms with Gasteiger partial charge in [-0.05, 0) is 25.2 Å². The van der Waals surface area contributed by atoms with Gasteiger partial charge in [-0.1, -0.05) is 45.8 Å². The summed E-state index contributed by atoms with van der Waals surface area (Å²) < 4.78 is -0.638. The second kappa shape index (κ2) is 11.5. The predicted octanol–water partition coefficient (Wildman–Crippen LogP) is 2.94. The summed E-state index contributed by atoms with van der Waals surface area (Å²) in [5.41, 5.74) is 0. The first-order valence-electron chi connectivity index (χ1n) is 13.1. The molecule has 0 radical (unpaired) electrons. The van der Waals surface area contributed by atoms with E-state index in [1.54, 1.807) is 40.8 Å². The lowest BCUT2D eigenvalue weighted by atomic mass is 9.70. The monoisotopic (exact) mass is 505 g/mol. The molecule has 7 nitrogen and oxygen atoms in total. The molecule has 0 aliphatic carbocycles. The van der Waals surface area contributed by atoms with Crippen LogP contribution in [0.25, 0.3) is 0 Å². The van der Waals surface area contributed by atoms with Crippen molar-refractivity contribution in [3.63, 3.8) is 0 Å². The molecule has 2 unspecified atom stereocenters. The largest absolute Gasteiger partial charge is 0.394 e. The topological polar surface area (TPSA) is 81.2 Å². The highest BCUT2D eigenvalue weighted by atomic mass is 32.2. The molecule has 3 aliphatic heterocycles. The van der Waals surface area contributed by atoms with E-state index >= 15 is 0 Å². The molecule has 7 atom stereocenters. The highest BCUT2D eigenvalue weighted by Gasteiger charge is 2.74. The molecule has 35 heavy (non-hydrogen) atoms. The van der Waals surface area contributed by atoms with Crippen molar-refractivity contribution in [3.8, 4) is 0 Å². The van der Waals surface area contributed by atoms with Gasteiger partial charge in [0.05, 0.1) is 29.2 Å². The van der Waals surface area contributed by atoms with Gasteiger partial charge in [0.1, 0.15) is 6.04 Å². The molecule has 3 aliphatic rings. The molecule has 0 aromatic rings. The van der Waals surface area contributed by atoms with Crippen molar-refractivity contribution < 1.29 is 19.5 Å². The number of likely N-dealkylation sites (N-methyl/N-ethyl adjacent to an activating group) is 1. The Hall–Kier alpha value is -1.80. The molecule has 0 aromatic carbocycles. The number of unbranched alkanes of at least 4 members (excludes halogenated alkanes) is 1. The fourth-order valence-corrected chi connectivity index (χ4v) is 8.52. The Morgan fingerprint density at radius 1 is 1.26 bits per heavy atom. The third kappa shape index (κ3) is 4.68. The smallest absolute Gasteiger partial charge is 0.247 e. The molecule has 196 valence electrons. The van der Waals surface area contributed by atoms with Gasteiger partial charge in [0.2, 0.25) is 17.7 Å². The maximum absolute atomic E-state index is 14.2. The number of nitrogens with zero attached hydrogens (tertiary/aromatic N) is 3. The zero-order valence-electron chi connectivity index (χ0n) is 21.8. The number of thioether (sulfide) groups is 1. The third-order valence-corrected chi connectivity index (χ3v) is 10.3. The second-order valence-electron chi connectivity index (χ2n) is 10.4. The zero-order chi connectivity index (χ0) is 25.9. The Balaban J connectivity index is 2.09. The molecule has 0 saturated carbocycles. The summed E-state index contributed by atoms with van der Waals surface area (Å²) >= 11 is 1.68. The van der Waals surface area contributed by atoms with Gasteiger partial charge in [0.25, 0.3) is 0 Å². The third-order valence-electron chi connectivity index (χ3n) is 8.32. The van der Waals surface area contributed by atoms with E-state index in [2.05, 4.69) is 20.1 Å². The first-order chi connectivity index (χ1) is 16.7. The van der Waals surface area contributed by atoms with Crippen LogP contribution in [0, 0.1) is 17.8 Å². The number of aliphatic hydroxyl groups is 1. The molecule has 1 N–H and O–H groups in total. The summed E-state index contributed by atoms with van der Waals surface area (Å²) in [5, 5.41) is 10.5. The quantitative estimate of drug-likeness (QED) is 0.389. The van der Waals surface area contributed by atoms with Crippen LogP contribution >= 0.6 is 11.8 Å². The maximum atomic E-state index is 14.2. The molecule has 1 spiro atoms. The van der Waals surface area contributed by atoms with Crippen molar-refractivity contribution >= 4 is 29.5 Å². The van der Waals surface area contributed by atoms with E-state index in [9.17, 15) is 19.5 Å². The molecule has 2 bridgehead atoms. The molecule has 8 heteroatoms. The fraction of sp³-hybridized carbons (Fsp3) is 0.741. The van der Waals surface area contributed by atoms with Crippen LogP contribution in [-0.4, -0.2) is 92.9 Å². The SMILES string of the molecule is C=CCN(C)C(=O)[C@@H]1[C@H]2C(=O)N([C@@H](CO)[C@@H](C)CC)C(C(=O)N(CC=C)CCCC)C23CC[C@H]1S3. The Bertz CT molecular complexity index is 835. The van der Waals surface area contributed by atoms with E-state index in [1.165, 1.54) is 0 Å². The van der Waals surface area contributed by atoms with Gasteiger partial charge in [-0.15, -0.1) is 24.9 Å². The van der Waals surface area contributed by atoms with Crippen molar-refractivity contribution in [2.45, 2.75) is 75.0 Å². The van der Waals surface area contributed by atoms with E-state index in [4.69, 9.17) is 0 Å². The maximum Gasteiger partial charge on any atom is 0.247 e. The number of fused-ring (bicyclic) bond motifs is 1. The summed E-state index contributed by atoms with van der Waals surface area (Å²) in [6, 6.07) is -1.14. The minimum atomic E-state index is -0.680. The van der Waals surface area contributed by atoms with E-state index in [1.807, 2.05) is 18.7 Å². The number of hydrogen-bond donors (Lipinski definition) is 1. The van der Waals surface area contributed by atoms with Crippen LogP contribution in [-0.2, 0) is 14.4 Å². The van der Waals surface area contributed by atoms with Gasteiger partial charge < -0.3 is 19.8 Å². The van der Waals surface area contributed by atoms with Gasteiger partial charge in [-0.25, -0.2) is 0 Å². The summed E-state index contributed by atoms with van der Waals surface area (Å²) in [6.07, 6.45) is 7.57. The Kier molecular flexibility index (Phi) is 9.13. The van der Waals surface area contributed by atoms with Crippen LogP contribution in [0.3, 0.4) is 0 Å². The number of likely N-dealkylation sites (tertiary alicyclic amines) is 1.